The summed E-state index contributed by atoms with van der Waals surface area (Å²) in [6.45, 7) is 5.16. The molecule has 2 aliphatic heterocycles. The van der Waals surface area contributed by atoms with E-state index in [-0.39, 0.29) is 11.8 Å². The number of piperidine rings is 1. The fourth-order valence-corrected chi connectivity index (χ4v) is 6.72. The molecule has 6 rings (SSSR count). The highest BCUT2D eigenvalue weighted by Gasteiger charge is 2.27. The molecule has 0 aliphatic carbocycles. The Kier molecular flexibility index (Phi) is 10.1. The lowest BCUT2D eigenvalue weighted by Gasteiger charge is -2.32. The Morgan fingerprint density at radius 1 is 0.935 bits per heavy atom. The highest BCUT2D eigenvalue weighted by molar-refractivity contribution is 6.08. The molecule has 8 nitrogen and oxygen atoms in total. The molecule has 1 saturated heterocycles. The lowest BCUT2D eigenvalue weighted by molar-refractivity contribution is -0.132. The zero-order chi connectivity index (χ0) is 31.9. The predicted octanol–water partition coefficient (Wildman–Crippen LogP) is 6.56. The van der Waals surface area contributed by atoms with Crippen LogP contribution in [0.1, 0.15) is 71.1 Å². The Morgan fingerprint density at radius 2 is 1.72 bits per heavy atom. The van der Waals surface area contributed by atoms with Crippen molar-refractivity contribution in [1.29, 1.82) is 0 Å². The molecule has 0 bridgehead atoms. The van der Waals surface area contributed by atoms with Crippen molar-refractivity contribution in [3.05, 3.63) is 107 Å². The summed E-state index contributed by atoms with van der Waals surface area (Å²) in [6.07, 6.45) is 9.83. The number of para-hydroxylation sites is 2. The van der Waals surface area contributed by atoms with Crippen molar-refractivity contribution in [2.45, 2.75) is 70.9 Å². The minimum absolute atomic E-state index is 0.0552. The molecule has 0 saturated carbocycles. The molecular weight excluding hydrogens is 572 g/mol. The number of rotatable bonds is 11. The molecule has 3 heterocycles. The summed E-state index contributed by atoms with van der Waals surface area (Å²) >= 11 is 0. The molecule has 3 aromatic carbocycles. The quantitative estimate of drug-likeness (QED) is 0.186. The first-order valence-electron chi connectivity index (χ1n) is 16.8. The lowest BCUT2D eigenvalue weighted by Crippen LogP contribution is -2.45. The SMILES string of the molecule is Cc1cc(C(=O)N2Cc3cnn(C)c3Nc3ccccc32)ccc1CCC(=O)N1CCC(NCCCCCc2ccccc2)CC1. The van der Waals surface area contributed by atoms with Gasteiger partial charge in [0.2, 0.25) is 5.91 Å². The number of anilines is 3. The Labute approximate surface area is 272 Å². The Hall–Kier alpha value is -4.43. The Morgan fingerprint density at radius 3 is 2.52 bits per heavy atom. The van der Waals surface area contributed by atoms with Gasteiger partial charge in [-0.15, -0.1) is 0 Å². The van der Waals surface area contributed by atoms with Crippen molar-refractivity contribution in [2.24, 2.45) is 7.05 Å². The first-order valence-corrected chi connectivity index (χ1v) is 16.8. The number of likely N-dealkylation sites (tertiary alicyclic amines) is 1. The maximum atomic E-state index is 13.9. The van der Waals surface area contributed by atoms with Gasteiger partial charge in [0.15, 0.2) is 0 Å². The maximum absolute atomic E-state index is 13.9. The molecule has 2 N–H and O–H groups in total. The van der Waals surface area contributed by atoms with Gasteiger partial charge in [-0.05, 0) is 92.9 Å². The van der Waals surface area contributed by atoms with Gasteiger partial charge in [-0.25, -0.2) is 0 Å². The highest BCUT2D eigenvalue weighted by Crippen LogP contribution is 2.36. The number of carbonyl (C=O) groups excluding carboxylic acids is 2. The van der Waals surface area contributed by atoms with Crippen molar-refractivity contribution in [1.82, 2.24) is 20.0 Å². The number of aromatic nitrogens is 2. The van der Waals surface area contributed by atoms with E-state index in [2.05, 4.69) is 46.1 Å². The van der Waals surface area contributed by atoms with Crippen molar-refractivity contribution in [3.8, 4) is 0 Å². The van der Waals surface area contributed by atoms with Crippen LogP contribution in [0.5, 0.6) is 0 Å². The van der Waals surface area contributed by atoms with Gasteiger partial charge < -0.3 is 20.4 Å². The zero-order valence-corrected chi connectivity index (χ0v) is 27.2. The number of carbonyl (C=O) groups is 2. The van der Waals surface area contributed by atoms with E-state index in [0.717, 1.165) is 72.8 Å². The Bertz CT molecular complexity index is 1640. The van der Waals surface area contributed by atoms with Gasteiger partial charge in [0.05, 0.1) is 24.1 Å². The van der Waals surface area contributed by atoms with Crippen LogP contribution in [0.3, 0.4) is 0 Å². The summed E-state index contributed by atoms with van der Waals surface area (Å²) in [5, 5.41) is 11.6. The van der Waals surface area contributed by atoms with Crippen LogP contribution in [0.4, 0.5) is 17.2 Å². The topological polar surface area (TPSA) is 82.5 Å². The van der Waals surface area contributed by atoms with Gasteiger partial charge in [0, 0.05) is 43.7 Å². The molecule has 0 radical (unpaired) electrons. The van der Waals surface area contributed by atoms with E-state index in [1.807, 2.05) is 72.4 Å². The van der Waals surface area contributed by atoms with E-state index in [1.54, 1.807) is 4.68 Å². The number of hydrogen-bond donors (Lipinski definition) is 2. The smallest absolute Gasteiger partial charge is 0.258 e. The highest BCUT2D eigenvalue weighted by atomic mass is 16.2. The van der Waals surface area contributed by atoms with E-state index >= 15 is 0 Å². The van der Waals surface area contributed by atoms with Crippen molar-refractivity contribution >= 4 is 29.0 Å². The minimum Gasteiger partial charge on any atom is -0.343 e. The van der Waals surface area contributed by atoms with Gasteiger partial charge in [0.25, 0.3) is 5.91 Å². The molecule has 8 heteroatoms. The summed E-state index contributed by atoms with van der Waals surface area (Å²) in [4.78, 5) is 30.8. The predicted molar refractivity (Wildman–Crippen MR) is 185 cm³/mol. The summed E-state index contributed by atoms with van der Waals surface area (Å²) in [5.74, 6) is 1.06. The number of hydrogen-bond acceptors (Lipinski definition) is 5. The number of nitrogens with one attached hydrogen (secondary N) is 2. The number of nitrogens with zero attached hydrogens (tertiary/aromatic N) is 4. The molecule has 1 aromatic heterocycles. The van der Waals surface area contributed by atoms with Crippen LogP contribution >= 0.6 is 0 Å². The molecule has 4 aromatic rings. The average Bonchev–Trinajstić information content (AvgIpc) is 3.33. The van der Waals surface area contributed by atoms with Crippen LogP contribution in [-0.4, -0.2) is 52.2 Å². The molecule has 46 heavy (non-hydrogen) atoms. The number of unbranched alkanes of at least 4 members (excludes halogenated alkanes) is 2. The molecule has 0 unspecified atom stereocenters. The monoisotopic (exact) mass is 618 g/mol. The number of aryl methyl sites for hydroxylation is 4. The van der Waals surface area contributed by atoms with Crippen molar-refractivity contribution < 1.29 is 9.59 Å². The molecule has 2 amide bonds. The van der Waals surface area contributed by atoms with Crippen molar-refractivity contribution in [2.75, 3.05) is 29.9 Å². The zero-order valence-electron chi connectivity index (χ0n) is 27.2. The van der Waals surface area contributed by atoms with Crippen LogP contribution in [-0.2, 0) is 31.2 Å². The lowest BCUT2D eigenvalue weighted by atomic mass is 9.99. The third-order valence-electron chi connectivity index (χ3n) is 9.50. The van der Waals surface area contributed by atoms with Gasteiger partial charge in [-0.1, -0.05) is 55.0 Å². The van der Waals surface area contributed by atoms with E-state index in [9.17, 15) is 9.59 Å². The summed E-state index contributed by atoms with van der Waals surface area (Å²) in [7, 11) is 1.90. The molecule has 240 valence electrons. The number of fused-ring (bicyclic) bond motifs is 2. The normalized spacial score (nSPS) is 14.7. The second kappa shape index (κ2) is 14.8. The summed E-state index contributed by atoms with van der Waals surface area (Å²) in [6, 6.07) is 25.0. The van der Waals surface area contributed by atoms with Crippen LogP contribution < -0.4 is 15.5 Å². The molecule has 0 atom stereocenters. The molecule has 0 spiro atoms. The van der Waals surface area contributed by atoms with Gasteiger partial charge >= 0.3 is 0 Å². The fraction of sp³-hybridized carbons (Fsp3) is 0.395. The van der Waals surface area contributed by atoms with Crippen LogP contribution in [0.15, 0.2) is 79.0 Å². The summed E-state index contributed by atoms with van der Waals surface area (Å²) < 4.78 is 1.80. The van der Waals surface area contributed by atoms with Gasteiger partial charge in [-0.3, -0.25) is 14.3 Å². The second-order valence-electron chi connectivity index (χ2n) is 12.7. The third kappa shape index (κ3) is 7.50. The van der Waals surface area contributed by atoms with E-state index in [0.29, 0.717) is 31.0 Å². The molecule has 1 fully saturated rings. The van der Waals surface area contributed by atoms with E-state index in [4.69, 9.17) is 0 Å². The van der Waals surface area contributed by atoms with Crippen LogP contribution in [0.2, 0.25) is 0 Å². The number of benzene rings is 3. The first kappa shape index (κ1) is 31.5. The van der Waals surface area contributed by atoms with Crippen molar-refractivity contribution in [3.63, 3.8) is 0 Å². The maximum Gasteiger partial charge on any atom is 0.258 e. The first-order chi connectivity index (χ1) is 22.5. The second-order valence-corrected chi connectivity index (χ2v) is 12.7. The Balaban J connectivity index is 0.958. The third-order valence-corrected chi connectivity index (χ3v) is 9.50. The van der Waals surface area contributed by atoms with Gasteiger partial charge in [-0.2, -0.15) is 5.10 Å². The average molecular weight is 619 g/mol. The largest absolute Gasteiger partial charge is 0.343 e. The fourth-order valence-electron chi connectivity index (χ4n) is 6.72. The van der Waals surface area contributed by atoms with E-state index in [1.165, 1.54) is 24.8 Å². The number of amides is 2. The van der Waals surface area contributed by atoms with Crippen LogP contribution in [0.25, 0.3) is 0 Å². The van der Waals surface area contributed by atoms with E-state index < -0.39 is 0 Å². The van der Waals surface area contributed by atoms with Crippen LogP contribution in [0, 0.1) is 6.92 Å². The molecular formula is C38H46N6O2. The van der Waals surface area contributed by atoms with Gasteiger partial charge in [0.1, 0.15) is 5.82 Å². The standard InChI is InChI=1S/C38H46N6O2/c1-28-25-31(38(46)44-27-32-26-40-42(2)37(32)41-34-14-8-9-15-35(34)44)17-16-30(28)18-19-36(45)43-23-20-33(21-24-43)39-22-10-4-7-13-29-11-5-3-6-12-29/h3,5-6,8-9,11-12,14-17,25-26,33,39,41H,4,7,10,13,18-24,27H2,1-2H3. The molecule has 2 aliphatic rings. The summed E-state index contributed by atoms with van der Waals surface area (Å²) in [5.41, 5.74) is 6.89. The minimum atomic E-state index is -0.0552.